The van der Waals surface area contributed by atoms with E-state index in [1.54, 1.807) is 5.71 Å². The van der Waals surface area contributed by atoms with Gasteiger partial charge in [-0.05, 0) is 37.5 Å². The second kappa shape index (κ2) is 4.18. The van der Waals surface area contributed by atoms with Crippen molar-refractivity contribution in [2.45, 2.75) is 51.4 Å². The molecule has 5 fully saturated rings. The van der Waals surface area contributed by atoms with E-state index in [9.17, 15) is 4.79 Å². The fourth-order valence-electron chi connectivity index (χ4n) is 5.38. The largest absolute Gasteiger partial charge is 0.299 e. The van der Waals surface area contributed by atoms with Crippen molar-refractivity contribution in [3.63, 3.8) is 0 Å². The third-order valence-corrected chi connectivity index (χ3v) is 6.08. The van der Waals surface area contributed by atoms with Crippen LogP contribution in [0.3, 0.4) is 0 Å². The molecule has 0 amide bonds. The van der Waals surface area contributed by atoms with Gasteiger partial charge in [-0.3, -0.25) is 4.79 Å². The molecule has 4 unspecified atom stereocenters. The van der Waals surface area contributed by atoms with Crippen LogP contribution in [0.2, 0.25) is 0 Å². The molecular weight excluding hydrogens is 222 g/mol. The van der Waals surface area contributed by atoms with Gasteiger partial charge in [0.05, 0.1) is 0 Å². The third-order valence-electron chi connectivity index (χ3n) is 6.08. The van der Waals surface area contributed by atoms with E-state index in [4.69, 9.17) is 0 Å². The molecule has 5 rings (SSSR count). The van der Waals surface area contributed by atoms with Crippen molar-refractivity contribution in [3.8, 4) is 0 Å². The SMILES string of the molecule is O=C1CCCC2C3CCC(CC3=[N+]3CCCC3)C12. The van der Waals surface area contributed by atoms with E-state index in [-0.39, 0.29) is 0 Å². The first-order valence-electron chi connectivity index (χ1n) is 7.98. The van der Waals surface area contributed by atoms with Crippen LogP contribution in [-0.2, 0) is 4.79 Å². The van der Waals surface area contributed by atoms with Gasteiger partial charge in [-0.25, -0.2) is 4.58 Å². The van der Waals surface area contributed by atoms with E-state index in [1.807, 2.05) is 0 Å². The number of hydrogen-bond acceptors (Lipinski definition) is 1. The monoisotopic (exact) mass is 246 g/mol. The molecule has 0 spiro atoms. The van der Waals surface area contributed by atoms with E-state index in [2.05, 4.69) is 4.58 Å². The van der Waals surface area contributed by atoms with Crippen LogP contribution in [0.4, 0.5) is 0 Å². The van der Waals surface area contributed by atoms with E-state index < -0.39 is 0 Å². The first-order chi connectivity index (χ1) is 8.84. The third kappa shape index (κ3) is 1.53. The predicted octanol–water partition coefficient (Wildman–Crippen LogP) is 2.65. The summed E-state index contributed by atoms with van der Waals surface area (Å²) in [7, 11) is 0. The molecule has 4 atom stereocenters. The minimum Gasteiger partial charge on any atom is -0.299 e. The molecule has 0 radical (unpaired) electrons. The average Bonchev–Trinajstić information content (AvgIpc) is 2.93. The maximum absolute atomic E-state index is 12.2. The van der Waals surface area contributed by atoms with Crippen molar-refractivity contribution in [2.75, 3.05) is 13.1 Å². The van der Waals surface area contributed by atoms with Gasteiger partial charge in [-0.15, -0.1) is 0 Å². The fraction of sp³-hybridized carbons (Fsp3) is 0.875. The minimum atomic E-state index is 0.462. The van der Waals surface area contributed by atoms with E-state index in [1.165, 1.54) is 51.6 Å². The van der Waals surface area contributed by atoms with Crippen molar-refractivity contribution >= 4 is 11.5 Å². The summed E-state index contributed by atoms with van der Waals surface area (Å²) in [5.74, 6) is 3.30. The summed E-state index contributed by atoms with van der Waals surface area (Å²) in [6.45, 7) is 2.59. The molecule has 2 bridgehead atoms. The Bertz CT molecular complexity index is 403. The van der Waals surface area contributed by atoms with Gasteiger partial charge in [0.2, 0.25) is 0 Å². The standard InChI is InChI=1S/C16H24NO/c18-15-5-3-4-13-12-7-6-11(16(13)15)10-14(12)17-8-1-2-9-17/h11-13,16H,1-10H2/q+1. The number of carbonyl (C=O) groups excluding carboxylic acids is 1. The van der Waals surface area contributed by atoms with Gasteiger partial charge in [0, 0.05) is 37.5 Å². The Balaban J connectivity index is 1.69. The zero-order valence-electron chi connectivity index (χ0n) is 11.2. The van der Waals surface area contributed by atoms with Gasteiger partial charge in [0.15, 0.2) is 5.71 Å². The number of carbonyl (C=O) groups is 1. The Morgan fingerprint density at radius 1 is 1.00 bits per heavy atom. The Kier molecular flexibility index (Phi) is 2.60. The zero-order chi connectivity index (χ0) is 12.1. The van der Waals surface area contributed by atoms with Crippen molar-refractivity contribution in [2.24, 2.45) is 23.7 Å². The normalized spacial score (nSPS) is 43.4. The highest BCUT2D eigenvalue weighted by Crippen LogP contribution is 2.52. The van der Waals surface area contributed by atoms with Crippen molar-refractivity contribution in [1.29, 1.82) is 0 Å². The molecule has 0 aromatic heterocycles. The molecule has 2 heteroatoms. The van der Waals surface area contributed by atoms with Crippen molar-refractivity contribution < 1.29 is 9.37 Å². The summed E-state index contributed by atoms with van der Waals surface area (Å²) in [4.78, 5) is 12.2. The molecule has 1 heterocycles. The topological polar surface area (TPSA) is 20.1 Å². The van der Waals surface area contributed by atoms with Crippen LogP contribution < -0.4 is 0 Å². The smallest absolute Gasteiger partial charge is 0.155 e. The Hall–Kier alpha value is -0.660. The Morgan fingerprint density at radius 2 is 1.83 bits per heavy atom. The van der Waals surface area contributed by atoms with E-state index >= 15 is 0 Å². The average molecular weight is 246 g/mol. The minimum absolute atomic E-state index is 0.462. The molecule has 4 aliphatic carbocycles. The van der Waals surface area contributed by atoms with Gasteiger partial charge >= 0.3 is 0 Å². The number of rotatable bonds is 0. The lowest BCUT2D eigenvalue weighted by Crippen LogP contribution is -2.52. The molecule has 98 valence electrons. The maximum Gasteiger partial charge on any atom is 0.155 e. The molecule has 0 aromatic rings. The molecule has 2 nitrogen and oxygen atoms in total. The number of Topliss-reactive ketones (excluding diaryl/α,β-unsaturated/α-hetero) is 1. The van der Waals surface area contributed by atoms with E-state index in [0.717, 1.165) is 24.7 Å². The summed E-state index contributed by atoms with van der Waals surface area (Å²) in [6.07, 6.45) is 10.1. The van der Waals surface area contributed by atoms with Gasteiger partial charge in [0.1, 0.15) is 18.9 Å². The van der Waals surface area contributed by atoms with Crippen LogP contribution in [0.5, 0.6) is 0 Å². The molecular formula is C16H24NO+. The number of ketones is 1. The number of fused-ring (bicyclic) bond motifs is 2. The maximum atomic E-state index is 12.2. The van der Waals surface area contributed by atoms with Crippen LogP contribution in [0.1, 0.15) is 51.4 Å². The highest BCUT2D eigenvalue weighted by molar-refractivity contribution is 5.90. The molecule has 5 aliphatic rings. The van der Waals surface area contributed by atoms with E-state index in [0.29, 0.717) is 17.6 Å². The van der Waals surface area contributed by atoms with Crippen molar-refractivity contribution in [1.82, 2.24) is 0 Å². The highest BCUT2D eigenvalue weighted by Gasteiger charge is 2.53. The zero-order valence-corrected chi connectivity index (χ0v) is 11.2. The quantitative estimate of drug-likeness (QED) is 0.602. The van der Waals surface area contributed by atoms with Gasteiger partial charge in [0.25, 0.3) is 0 Å². The summed E-state index contributed by atoms with van der Waals surface area (Å²) >= 11 is 0. The van der Waals surface area contributed by atoms with Gasteiger partial charge < -0.3 is 0 Å². The first kappa shape index (κ1) is 11.2. The van der Waals surface area contributed by atoms with Crippen LogP contribution >= 0.6 is 0 Å². The fourth-order valence-corrected chi connectivity index (χ4v) is 5.38. The van der Waals surface area contributed by atoms with Gasteiger partial charge in [-0.1, -0.05) is 0 Å². The summed E-state index contributed by atoms with van der Waals surface area (Å²) in [5.41, 5.74) is 1.76. The highest BCUT2D eigenvalue weighted by atomic mass is 16.1. The lowest BCUT2D eigenvalue weighted by molar-refractivity contribution is -0.511. The van der Waals surface area contributed by atoms with Crippen LogP contribution in [0, 0.1) is 23.7 Å². The molecule has 0 N–H and O–H groups in total. The van der Waals surface area contributed by atoms with Crippen LogP contribution in [0.15, 0.2) is 0 Å². The number of hydrogen-bond donors (Lipinski definition) is 0. The second-order valence-electron chi connectivity index (χ2n) is 6.88. The summed E-state index contributed by atoms with van der Waals surface area (Å²) < 4.78 is 2.69. The predicted molar refractivity (Wildman–Crippen MR) is 70.9 cm³/mol. The molecule has 4 saturated carbocycles. The molecule has 1 saturated heterocycles. The number of nitrogens with zero attached hydrogens (tertiary/aromatic N) is 1. The Morgan fingerprint density at radius 3 is 2.67 bits per heavy atom. The summed E-state index contributed by atoms with van der Waals surface area (Å²) in [5, 5.41) is 0. The second-order valence-corrected chi connectivity index (χ2v) is 6.88. The van der Waals surface area contributed by atoms with Crippen LogP contribution in [-0.4, -0.2) is 29.2 Å². The Labute approximate surface area is 109 Å². The van der Waals surface area contributed by atoms with Crippen molar-refractivity contribution in [3.05, 3.63) is 0 Å². The lowest BCUT2D eigenvalue weighted by atomic mass is 9.53. The van der Waals surface area contributed by atoms with Gasteiger partial charge in [-0.2, -0.15) is 0 Å². The molecule has 18 heavy (non-hydrogen) atoms. The molecule has 1 aliphatic heterocycles. The molecule has 0 aromatic carbocycles. The summed E-state index contributed by atoms with van der Waals surface area (Å²) in [6, 6.07) is 0. The first-order valence-corrected chi connectivity index (χ1v) is 7.98. The van der Waals surface area contributed by atoms with Crippen LogP contribution in [0.25, 0.3) is 0 Å². The lowest BCUT2D eigenvalue weighted by Gasteiger charge is -2.49.